The van der Waals surface area contributed by atoms with E-state index < -0.39 is 6.10 Å². The fraction of sp³-hybridized carbons (Fsp3) is 0.623. The molecule has 378 valence electrons. The van der Waals surface area contributed by atoms with Crippen molar-refractivity contribution in [1.82, 2.24) is 0 Å². The fourth-order valence-electron chi connectivity index (χ4n) is 6.87. The highest BCUT2D eigenvalue weighted by Gasteiger charge is 2.19. The van der Waals surface area contributed by atoms with Crippen molar-refractivity contribution in [1.29, 1.82) is 0 Å². The van der Waals surface area contributed by atoms with E-state index in [1.807, 2.05) is 0 Å². The zero-order valence-electron chi connectivity index (χ0n) is 43.1. The van der Waals surface area contributed by atoms with Crippen LogP contribution in [0, 0.1) is 0 Å². The van der Waals surface area contributed by atoms with Crippen molar-refractivity contribution in [3.05, 3.63) is 122 Å². The van der Waals surface area contributed by atoms with Crippen LogP contribution in [0.1, 0.15) is 226 Å². The molecule has 0 heterocycles. The number of carbonyl (C=O) groups excluding carboxylic acids is 3. The van der Waals surface area contributed by atoms with Gasteiger partial charge in [0.1, 0.15) is 13.2 Å². The van der Waals surface area contributed by atoms with Gasteiger partial charge in [0.05, 0.1) is 0 Å². The monoisotopic (exact) mass is 927 g/mol. The lowest BCUT2D eigenvalue weighted by Gasteiger charge is -2.18. The Labute approximate surface area is 412 Å². The van der Waals surface area contributed by atoms with Crippen LogP contribution in [-0.4, -0.2) is 37.2 Å². The van der Waals surface area contributed by atoms with E-state index >= 15 is 0 Å². The number of hydrogen-bond donors (Lipinski definition) is 0. The summed E-state index contributed by atoms with van der Waals surface area (Å²) in [7, 11) is 0. The molecule has 0 saturated heterocycles. The number of allylic oxidation sites excluding steroid dienone is 20. The topological polar surface area (TPSA) is 78.9 Å². The molecule has 0 bridgehead atoms. The van der Waals surface area contributed by atoms with Crippen LogP contribution in [0.25, 0.3) is 0 Å². The van der Waals surface area contributed by atoms with Crippen molar-refractivity contribution < 1.29 is 28.6 Å². The second-order valence-corrected chi connectivity index (χ2v) is 17.4. The number of hydrogen-bond acceptors (Lipinski definition) is 6. The molecular formula is C61H98O6. The molecule has 0 rings (SSSR count). The standard InChI is InChI=1S/C61H98O6/c1-4-7-10-13-16-19-22-25-27-29-30-32-33-36-39-42-45-48-51-54-60(63)66-57-58(56-65-59(62)53-50-47-44-41-38-35-24-21-18-15-12-9-6-3)67-61(64)55-52-49-46-43-40-37-34-31-28-26-23-20-17-14-11-8-5-2/h7,10,16-17,19-21,24-28,30,32,34,36-37,39,43,46,58H,4-6,8-9,11-15,18,22-23,29,31,33,35,38,40-42,44-45,47-57H2,1-3H3/b10-7-,19-16-,20-17-,24-21-,27-25-,28-26-,32-30-,37-34-,39-36-,46-43-/t58-/m0/s1. The molecule has 0 aliphatic heterocycles. The number of unbranched alkanes of at least 4 members (excludes halogenated alkanes) is 16. The van der Waals surface area contributed by atoms with Crippen LogP contribution < -0.4 is 0 Å². The van der Waals surface area contributed by atoms with Gasteiger partial charge in [0.15, 0.2) is 6.10 Å². The maximum absolute atomic E-state index is 12.8. The van der Waals surface area contributed by atoms with Gasteiger partial charge in [-0.3, -0.25) is 14.4 Å². The molecule has 0 aromatic rings. The first-order chi connectivity index (χ1) is 33.0. The van der Waals surface area contributed by atoms with Crippen molar-refractivity contribution in [2.75, 3.05) is 13.2 Å². The maximum Gasteiger partial charge on any atom is 0.306 e. The first kappa shape index (κ1) is 62.8. The van der Waals surface area contributed by atoms with Crippen LogP contribution >= 0.6 is 0 Å². The van der Waals surface area contributed by atoms with E-state index in [4.69, 9.17) is 14.2 Å². The molecule has 6 nitrogen and oxygen atoms in total. The lowest BCUT2D eigenvalue weighted by atomic mass is 10.1. The van der Waals surface area contributed by atoms with Gasteiger partial charge in [0.25, 0.3) is 0 Å². The van der Waals surface area contributed by atoms with Crippen molar-refractivity contribution in [2.45, 2.75) is 232 Å². The van der Waals surface area contributed by atoms with Crippen LogP contribution in [-0.2, 0) is 28.6 Å². The Hall–Kier alpha value is -4.19. The molecule has 6 heteroatoms. The Morgan fingerprint density at radius 1 is 0.313 bits per heavy atom. The Kier molecular flexibility index (Phi) is 51.0. The minimum Gasteiger partial charge on any atom is -0.462 e. The molecule has 1 atom stereocenters. The largest absolute Gasteiger partial charge is 0.462 e. The third kappa shape index (κ3) is 52.6. The third-order valence-electron chi connectivity index (χ3n) is 10.9. The van der Waals surface area contributed by atoms with Crippen LogP contribution in [0.4, 0.5) is 0 Å². The molecule has 0 aromatic carbocycles. The molecule has 0 fully saturated rings. The van der Waals surface area contributed by atoms with Gasteiger partial charge < -0.3 is 14.2 Å². The Balaban J connectivity index is 4.56. The maximum atomic E-state index is 12.8. The molecule has 0 amide bonds. The minimum atomic E-state index is -0.827. The van der Waals surface area contributed by atoms with Crippen molar-refractivity contribution in [3.8, 4) is 0 Å². The number of rotatable bonds is 47. The van der Waals surface area contributed by atoms with E-state index in [2.05, 4.69) is 142 Å². The Bertz CT molecular complexity index is 1440. The molecule has 0 spiro atoms. The van der Waals surface area contributed by atoms with Crippen molar-refractivity contribution in [2.24, 2.45) is 0 Å². The van der Waals surface area contributed by atoms with Crippen LogP contribution in [0.15, 0.2) is 122 Å². The molecule has 67 heavy (non-hydrogen) atoms. The summed E-state index contributed by atoms with van der Waals surface area (Å²) in [6.45, 7) is 6.38. The normalized spacial score (nSPS) is 13.1. The minimum absolute atomic E-state index is 0.118. The lowest BCUT2D eigenvalue weighted by Crippen LogP contribution is -2.30. The molecule has 0 aromatic heterocycles. The van der Waals surface area contributed by atoms with Gasteiger partial charge in [-0.25, -0.2) is 0 Å². The summed E-state index contributed by atoms with van der Waals surface area (Å²) in [5.74, 6) is -1.02. The van der Waals surface area contributed by atoms with Gasteiger partial charge in [-0.05, 0) is 128 Å². The van der Waals surface area contributed by atoms with E-state index in [-0.39, 0.29) is 37.5 Å². The molecule has 0 aliphatic carbocycles. The van der Waals surface area contributed by atoms with E-state index in [1.165, 1.54) is 64.2 Å². The lowest BCUT2D eigenvalue weighted by molar-refractivity contribution is -0.167. The second kappa shape index (κ2) is 54.4. The second-order valence-electron chi connectivity index (χ2n) is 17.4. The zero-order valence-corrected chi connectivity index (χ0v) is 43.1. The number of carbonyl (C=O) groups is 3. The van der Waals surface area contributed by atoms with Gasteiger partial charge in [-0.2, -0.15) is 0 Å². The van der Waals surface area contributed by atoms with E-state index in [0.717, 1.165) is 116 Å². The Morgan fingerprint density at radius 3 is 1.01 bits per heavy atom. The molecule has 0 saturated carbocycles. The summed E-state index contributed by atoms with van der Waals surface area (Å²) >= 11 is 0. The fourth-order valence-corrected chi connectivity index (χ4v) is 6.87. The quantitative estimate of drug-likeness (QED) is 0.0262. The summed E-state index contributed by atoms with van der Waals surface area (Å²) in [5.41, 5.74) is 0. The van der Waals surface area contributed by atoms with Crippen LogP contribution in [0.3, 0.4) is 0 Å². The van der Waals surface area contributed by atoms with Crippen molar-refractivity contribution >= 4 is 17.9 Å². The molecule has 0 unspecified atom stereocenters. The van der Waals surface area contributed by atoms with Gasteiger partial charge >= 0.3 is 17.9 Å². The number of esters is 3. The highest BCUT2D eigenvalue weighted by atomic mass is 16.6. The summed E-state index contributed by atoms with van der Waals surface area (Å²) < 4.78 is 16.7. The van der Waals surface area contributed by atoms with E-state index in [1.54, 1.807) is 0 Å². The highest BCUT2D eigenvalue weighted by molar-refractivity contribution is 5.71. The zero-order chi connectivity index (χ0) is 48.6. The molecule has 0 aliphatic rings. The van der Waals surface area contributed by atoms with Crippen molar-refractivity contribution in [3.63, 3.8) is 0 Å². The summed E-state index contributed by atoms with van der Waals surface area (Å²) in [5, 5.41) is 0. The highest BCUT2D eigenvalue weighted by Crippen LogP contribution is 2.12. The average molecular weight is 927 g/mol. The van der Waals surface area contributed by atoms with Gasteiger partial charge in [-0.15, -0.1) is 0 Å². The molecule has 0 N–H and O–H groups in total. The first-order valence-electron chi connectivity index (χ1n) is 27.0. The first-order valence-corrected chi connectivity index (χ1v) is 27.0. The molecular weight excluding hydrogens is 829 g/mol. The van der Waals surface area contributed by atoms with Crippen LogP contribution in [0.5, 0.6) is 0 Å². The van der Waals surface area contributed by atoms with Gasteiger partial charge in [-0.1, -0.05) is 200 Å². The number of ether oxygens (including phenoxy) is 3. The SMILES string of the molecule is CC/C=C\C/C=C\C/C=C\C/C=C\C/C=C\CCCCCC(=O)OC[C@H](COC(=O)CCCCCCC/C=C\CCCCCC)OC(=O)CCC/C=C\C/C=C\C/C=C\C/C=C\CCCCC. The van der Waals surface area contributed by atoms with Crippen LogP contribution in [0.2, 0.25) is 0 Å². The average Bonchev–Trinajstić information content (AvgIpc) is 3.33. The summed E-state index contributed by atoms with van der Waals surface area (Å²) in [6.07, 6.45) is 74.7. The third-order valence-corrected chi connectivity index (χ3v) is 10.9. The Morgan fingerprint density at radius 2 is 0.597 bits per heavy atom. The predicted molar refractivity (Wildman–Crippen MR) is 288 cm³/mol. The predicted octanol–water partition coefficient (Wildman–Crippen LogP) is 18.1. The van der Waals surface area contributed by atoms with E-state index in [9.17, 15) is 14.4 Å². The summed E-state index contributed by atoms with van der Waals surface area (Å²) in [6, 6.07) is 0. The van der Waals surface area contributed by atoms with Gasteiger partial charge in [0, 0.05) is 19.3 Å². The summed E-state index contributed by atoms with van der Waals surface area (Å²) in [4.78, 5) is 38.0. The van der Waals surface area contributed by atoms with Gasteiger partial charge in [0.2, 0.25) is 0 Å². The molecule has 0 radical (unpaired) electrons. The van der Waals surface area contributed by atoms with E-state index in [0.29, 0.717) is 19.3 Å². The smallest absolute Gasteiger partial charge is 0.306 e.